The van der Waals surface area contributed by atoms with Crippen molar-refractivity contribution in [2.45, 2.75) is 37.8 Å². The average molecular weight is 366 g/mol. The minimum atomic E-state index is -0.449. The fourth-order valence-electron chi connectivity index (χ4n) is 3.59. The van der Waals surface area contributed by atoms with Crippen molar-refractivity contribution in [2.24, 2.45) is 0 Å². The van der Waals surface area contributed by atoms with Crippen LogP contribution in [-0.2, 0) is 11.3 Å². The molecule has 3 aromatic heterocycles. The molecule has 9 heteroatoms. The smallest absolute Gasteiger partial charge is 0.407 e. The van der Waals surface area contributed by atoms with Crippen molar-refractivity contribution >= 4 is 17.7 Å². The molecule has 0 unspecified atom stereocenters. The molecule has 2 aliphatic rings. The van der Waals surface area contributed by atoms with Crippen molar-refractivity contribution in [3.05, 3.63) is 41.8 Å². The number of amides is 1. The number of aromatic nitrogens is 4. The molecule has 0 aromatic carbocycles. The molecule has 4 heterocycles. The number of H-pyrrole nitrogens is 1. The lowest BCUT2D eigenvalue weighted by Gasteiger charge is -2.12. The Hall–Kier alpha value is -3.36. The van der Waals surface area contributed by atoms with Gasteiger partial charge in [-0.1, -0.05) is 11.2 Å². The van der Waals surface area contributed by atoms with Crippen LogP contribution in [0.15, 0.2) is 34.9 Å². The third kappa shape index (κ3) is 3.23. The Morgan fingerprint density at radius 1 is 1.11 bits per heavy atom. The number of hydrogen-bond acceptors (Lipinski definition) is 7. The van der Waals surface area contributed by atoms with Crippen molar-refractivity contribution < 1.29 is 14.1 Å². The zero-order valence-corrected chi connectivity index (χ0v) is 14.4. The topological polar surface area (TPSA) is 118 Å². The van der Waals surface area contributed by atoms with Crippen molar-refractivity contribution in [3.8, 4) is 11.4 Å². The molecule has 2 atom stereocenters. The third-order valence-electron chi connectivity index (χ3n) is 4.93. The third-order valence-corrected chi connectivity index (χ3v) is 4.93. The average Bonchev–Trinajstić information content (AvgIpc) is 3.40. The molecule has 8 bridgehead atoms. The number of fused-ring (bicyclic) bond motifs is 10. The second kappa shape index (κ2) is 6.42. The Morgan fingerprint density at radius 2 is 2.07 bits per heavy atom. The van der Waals surface area contributed by atoms with Crippen LogP contribution in [0, 0.1) is 0 Å². The van der Waals surface area contributed by atoms with E-state index in [1.54, 1.807) is 6.07 Å². The Labute approximate surface area is 154 Å². The minimum Gasteiger partial charge on any atom is -0.446 e. The van der Waals surface area contributed by atoms with Crippen LogP contribution in [0.25, 0.3) is 11.4 Å². The number of hydrogen-bond donors (Lipinski definition) is 3. The Bertz CT molecular complexity index is 981. The number of pyridine rings is 1. The van der Waals surface area contributed by atoms with Crippen LogP contribution in [0.5, 0.6) is 0 Å². The summed E-state index contributed by atoms with van der Waals surface area (Å²) in [5.74, 6) is 2.19. The van der Waals surface area contributed by atoms with Gasteiger partial charge < -0.3 is 19.9 Å². The van der Waals surface area contributed by atoms with Crippen LogP contribution in [-0.4, -0.2) is 32.5 Å². The van der Waals surface area contributed by atoms with E-state index in [-0.39, 0.29) is 18.6 Å². The zero-order valence-electron chi connectivity index (χ0n) is 14.4. The normalized spacial score (nSPS) is 21.7. The second-order valence-corrected chi connectivity index (χ2v) is 6.81. The summed E-state index contributed by atoms with van der Waals surface area (Å²) in [4.78, 5) is 16.6. The van der Waals surface area contributed by atoms with Gasteiger partial charge in [0.1, 0.15) is 17.6 Å². The van der Waals surface area contributed by atoms with Crippen LogP contribution in [0.2, 0.25) is 0 Å². The van der Waals surface area contributed by atoms with E-state index in [1.807, 2.05) is 24.3 Å². The molecule has 1 aliphatic carbocycles. The van der Waals surface area contributed by atoms with Crippen molar-refractivity contribution in [3.63, 3.8) is 0 Å². The molecule has 1 aliphatic heterocycles. The summed E-state index contributed by atoms with van der Waals surface area (Å²) in [6.07, 6.45) is 1.99. The first-order chi connectivity index (χ1) is 13.2. The van der Waals surface area contributed by atoms with E-state index in [2.05, 4.69) is 31.0 Å². The summed E-state index contributed by atoms with van der Waals surface area (Å²) < 4.78 is 10.8. The van der Waals surface area contributed by atoms with Crippen molar-refractivity contribution in [1.82, 2.24) is 25.7 Å². The van der Waals surface area contributed by atoms with E-state index >= 15 is 0 Å². The van der Waals surface area contributed by atoms with Crippen LogP contribution in [0.3, 0.4) is 0 Å². The standard InChI is InChI=1S/C18H18N6O3/c25-18-19-9-12-7-15(24-27-12)13-2-1-3-16(20-13)21-17-8-14(22-23-17)10-4-5-11(6-10)26-18/h1-3,7-8,10-11H,4-6,9H2,(H,19,25)(H2,20,21,22,23)/t10-,11+/m0/s1. The molecule has 27 heavy (non-hydrogen) atoms. The molecule has 1 fully saturated rings. The number of alkyl carbamates (subject to hydrolysis) is 1. The lowest BCUT2D eigenvalue weighted by Crippen LogP contribution is -2.27. The molecule has 0 spiro atoms. The molecule has 1 amide bonds. The first-order valence-electron chi connectivity index (χ1n) is 8.93. The highest BCUT2D eigenvalue weighted by Gasteiger charge is 2.30. The monoisotopic (exact) mass is 366 g/mol. The number of ether oxygens (including phenoxy) is 1. The summed E-state index contributed by atoms with van der Waals surface area (Å²) in [6.45, 7) is 0.212. The summed E-state index contributed by atoms with van der Waals surface area (Å²) >= 11 is 0. The fourth-order valence-corrected chi connectivity index (χ4v) is 3.59. The molecular weight excluding hydrogens is 348 g/mol. The molecule has 0 saturated heterocycles. The number of aromatic amines is 1. The van der Waals surface area contributed by atoms with Gasteiger partial charge in [-0.2, -0.15) is 5.10 Å². The van der Waals surface area contributed by atoms with Crippen molar-refractivity contribution in [2.75, 3.05) is 5.32 Å². The molecule has 1 saturated carbocycles. The lowest BCUT2D eigenvalue weighted by atomic mass is 10.0. The van der Waals surface area contributed by atoms with E-state index in [0.29, 0.717) is 28.8 Å². The summed E-state index contributed by atoms with van der Waals surface area (Å²) in [7, 11) is 0. The maximum atomic E-state index is 12.1. The van der Waals surface area contributed by atoms with Crippen molar-refractivity contribution in [1.29, 1.82) is 0 Å². The van der Waals surface area contributed by atoms with Crippen LogP contribution < -0.4 is 10.6 Å². The van der Waals surface area contributed by atoms with Gasteiger partial charge in [-0.25, -0.2) is 9.78 Å². The van der Waals surface area contributed by atoms with Crippen LogP contribution >= 0.6 is 0 Å². The van der Waals surface area contributed by atoms with Gasteiger partial charge in [0.25, 0.3) is 0 Å². The SMILES string of the molecule is O=C1NCc2cc(no2)-c2cccc(n2)Nc2cc([nH]n2)[C@H]2CC[C@H](C2)O1. The number of carbonyl (C=O) groups is 1. The molecule has 0 radical (unpaired) electrons. The summed E-state index contributed by atoms with van der Waals surface area (Å²) in [5.41, 5.74) is 2.29. The van der Waals surface area contributed by atoms with Gasteiger partial charge in [0.05, 0.1) is 12.2 Å². The van der Waals surface area contributed by atoms with Gasteiger partial charge in [0.2, 0.25) is 0 Å². The van der Waals surface area contributed by atoms with Gasteiger partial charge in [-0.3, -0.25) is 5.10 Å². The van der Waals surface area contributed by atoms with Crippen LogP contribution in [0.4, 0.5) is 16.4 Å². The first kappa shape index (κ1) is 15.9. The van der Waals surface area contributed by atoms with E-state index in [0.717, 1.165) is 25.0 Å². The molecule has 3 N–H and O–H groups in total. The Morgan fingerprint density at radius 3 is 3.04 bits per heavy atom. The maximum absolute atomic E-state index is 12.1. The van der Waals surface area contributed by atoms with E-state index in [1.165, 1.54) is 0 Å². The number of nitrogens with one attached hydrogen (secondary N) is 3. The highest BCUT2D eigenvalue weighted by molar-refractivity contribution is 5.67. The largest absolute Gasteiger partial charge is 0.446 e. The molecule has 9 nitrogen and oxygen atoms in total. The molecule has 138 valence electrons. The summed E-state index contributed by atoms with van der Waals surface area (Å²) in [6, 6.07) is 9.33. The van der Waals surface area contributed by atoms with Crippen LogP contribution in [0.1, 0.15) is 36.6 Å². The quantitative estimate of drug-likeness (QED) is 0.559. The van der Waals surface area contributed by atoms with Gasteiger partial charge in [0.15, 0.2) is 11.6 Å². The Balaban J connectivity index is 1.49. The first-order valence-corrected chi connectivity index (χ1v) is 8.93. The van der Waals surface area contributed by atoms with E-state index in [9.17, 15) is 4.79 Å². The number of carbonyl (C=O) groups excluding carboxylic acids is 1. The highest BCUT2D eigenvalue weighted by atomic mass is 16.6. The maximum Gasteiger partial charge on any atom is 0.407 e. The number of nitrogens with zero attached hydrogens (tertiary/aromatic N) is 3. The number of anilines is 2. The van der Waals surface area contributed by atoms with Gasteiger partial charge in [-0.05, 0) is 31.4 Å². The van der Waals surface area contributed by atoms with E-state index < -0.39 is 6.09 Å². The number of rotatable bonds is 0. The summed E-state index contributed by atoms with van der Waals surface area (Å²) in [5, 5.41) is 17.4. The lowest BCUT2D eigenvalue weighted by molar-refractivity contribution is 0.0989. The molecule has 5 rings (SSSR count). The van der Waals surface area contributed by atoms with Gasteiger partial charge >= 0.3 is 6.09 Å². The van der Waals surface area contributed by atoms with Gasteiger partial charge in [-0.15, -0.1) is 0 Å². The second-order valence-electron chi connectivity index (χ2n) is 6.81. The Kier molecular flexibility index (Phi) is 3.77. The predicted molar refractivity (Wildman–Crippen MR) is 95.3 cm³/mol. The zero-order chi connectivity index (χ0) is 18.2. The molecule has 3 aromatic rings. The minimum absolute atomic E-state index is 0.104. The molecular formula is C18H18N6O3. The fraction of sp³-hybridized carbons (Fsp3) is 0.333. The van der Waals surface area contributed by atoms with E-state index in [4.69, 9.17) is 9.26 Å². The van der Waals surface area contributed by atoms with Gasteiger partial charge in [0, 0.05) is 23.7 Å². The predicted octanol–water partition coefficient (Wildman–Crippen LogP) is 3.08. The highest BCUT2D eigenvalue weighted by Crippen LogP contribution is 2.36.